The fraction of sp³-hybridized carbons (Fsp3) is 0.438. The molecule has 0 aliphatic heterocycles. The van der Waals surface area contributed by atoms with Crippen LogP contribution in [0.15, 0.2) is 42.5 Å². The van der Waals surface area contributed by atoms with E-state index in [-0.39, 0.29) is 11.2 Å². The Kier molecular flexibility index (Phi) is 5.79. The van der Waals surface area contributed by atoms with E-state index in [0.29, 0.717) is 19.6 Å². The molecule has 1 rings (SSSR count). The van der Waals surface area contributed by atoms with Crippen molar-refractivity contribution in [3.05, 3.63) is 48.0 Å². The van der Waals surface area contributed by atoms with E-state index in [1.54, 1.807) is 6.08 Å². The van der Waals surface area contributed by atoms with Crippen LogP contribution >= 0.6 is 0 Å². The minimum Gasteiger partial charge on any atom is -0.376 e. The molecule has 0 fully saturated rings. The van der Waals surface area contributed by atoms with Crippen molar-refractivity contribution in [3.63, 3.8) is 0 Å². The van der Waals surface area contributed by atoms with Gasteiger partial charge in [-0.1, -0.05) is 57.2 Å². The summed E-state index contributed by atoms with van der Waals surface area (Å²) < 4.78 is 5.69. The van der Waals surface area contributed by atoms with Crippen LogP contribution in [0.5, 0.6) is 0 Å². The van der Waals surface area contributed by atoms with E-state index in [2.05, 4.69) is 13.8 Å². The van der Waals surface area contributed by atoms with Gasteiger partial charge in [-0.3, -0.25) is 4.79 Å². The highest BCUT2D eigenvalue weighted by atomic mass is 16.5. The van der Waals surface area contributed by atoms with Crippen LogP contribution in [0.2, 0.25) is 0 Å². The van der Waals surface area contributed by atoms with Crippen LogP contribution < -0.4 is 0 Å². The lowest BCUT2D eigenvalue weighted by Crippen LogP contribution is -2.16. The zero-order valence-corrected chi connectivity index (χ0v) is 11.5. The van der Waals surface area contributed by atoms with Gasteiger partial charge in [0.15, 0.2) is 5.78 Å². The van der Waals surface area contributed by atoms with E-state index in [4.69, 9.17) is 4.74 Å². The van der Waals surface area contributed by atoms with E-state index in [0.717, 1.165) is 0 Å². The van der Waals surface area contributed by atoms with Gasteiger partial charge < -0.3 is 4.74 Å². The zero-order valence-electron chi connectivity index (χ0n) is 11.5. The van der Waals surface area contributed by atoms with E-state index in [1.165, 1.54) is 5.56 Å². The maximum absolute atomic E-state index is 11.2. The van der Waals surface area contributed by atoms with Crippen LogP contribution in [0.1, 0.15) is 32.8 Å². The third-order valence-electron chi connectivity index (χ3n) is 2.65. The van der Waals surface area contributed by atoms with E-state index in [9.17, 15) is 4.79 Å². The molecule has 0 radical (unpaired) electrons. The third-order valence-corrected chi connectivity index (χ3v) is 2.65. The molecule has 0 spiro atoms. The number of rotatable bonds is 7. The molecule has 2 nitrogen and oxygen atoms in total. The first-order valence-corrected chi connectivity index (χ1v) is 6.37. The molecule has 0 aliphatic carbocycles. The monoisotopic (exact) mass is 246 g/mol. The smallest absolute Gasteiger partial charge is 0.155 e. The molecule has 2 heteroatoms. The predicted octanol–water partition coefficient (Wildman–Crippen LogP) is 3.76. The normalized spacial score (nSPS) is 11.9. The van der Waals surface area contributed by atoms with Crippen molar-refractivity contribution in [1.82, 2.24) is 0 Å². The van der Waals surface area contributed by atoms with Crippen molar-refractivity contribution in [2.45, 2.75) is 33.8 Å². The molecule has 0 aliphatic rings. The molecule has 0 saturated heterocycles. The fourth-order valence-electron chi connectivity index (χ4n) is 1.49. The highest BCUT2D eigenvalue weighted by Gasteiger charge is 2.14. The van der Waals surface area contributed by atoms with Crippen molar-refractivity contribution in [2.24, 2.45) is 5.41 Å². The molecule has 0 aromatic heterocycles. The largest absolute Gasteiger partial charge is 0.376 e. The van der Waals surface area contributed by atoms with Crippen molar-refractivity contribution in [2.75, 3.05) is 6.61 Å². The number of allylic oxidation sites excluding steroid dienone is 1. The Morgan fingerprint density at radius 2 is 1.94 bits per heavy atom. The molecule has 0 saturated carbocycles. The summed E-state index contributed by atoms with van der Waals surface area (Å²) in [5.41, 5.74) is 1.06. The molecule has 1 aromatic rings. The van der Waals surface area contributed by atoms with Gasteiger partial charge >= 0.3 is 0 Å². The maximum atomic E-state index is 11.2. The summed E-state index contributed by atoms with van der Waals surface area (Å²) in [6.07, 6.45) is 4.15. The number of ether oxygens (including phenoxy) is 1. The van der Waals surface area contributed by atoms with Crippen LogP contribution in [-0.2, 0) is 16.1 Å². The van der Waals surface area contributed by atoms with Crippen molar-refractivity contribution in [1.29, 1.82) is 0 Å². The second-order valence-corrected chi connectivity index (χ2v) is 5.12. The van der Waals surface area contributed by atoms with Gasteiger partial charge in [0.1, 0.15) is 0 Å². The van der Waals surface area contributed by atoms with Crippen molar-refractivity contribution >= 4 is 5.78 Å². The lowest BCUT2D eigenvalue weighted by molar-refractivity contribution is -0.114. The van der Waals surface area contributed by atoms with Gasteiger partial charge in [-0.05, 0) is 11.6 Å². The summed E-state index contributed by atoms with van der Waals surface area (Å²) in [5, 5.41) is 0. The Hall–Kier alpha value is -1.41. The van der Waals surface area contributed by atoms with Crippen LogP contribution in [0.3, 0.4) is 0 Å². The van der Waals surface area contributed by atoms with Crippen LogP contribution in [0.4, 0.5) is 0 Å². The Bertz CT molecular complexity index is 391. The van der Waals surface area contributed by atoms with E-state index >= 15 is 0 Å². The molecule has 0 heterocycles. The molecule has 0 unspecified atom stereocenters. The first-order valence-electron chi connectivity index (χ1n) is 6.37. The summed E-state index contributed by atoms with van der Waals surface area (Å²) in [7, 11) is 0. The first-order chi connectivity index (χ1) is 8.53. The molecule has 18 heavy (non-hydrogen) atoms. The Morgan fingerprint density at radius 1 is 1.28 bits per heavy atom. The number of hydrogen-bond donors (Lipinski definition) is 0. The topological polar surface area (TPSA) is 26.3 Å². The number of carbonyl (C=O) groups excluding carboxylic acids is 1. The minimum atomic E-state index is -0.111. The Balaban J connectivity index is 2.37. The maximum Gasteiger partial charge on any atom is 0.155 e. The van der Waals surface area contributed by atoms with Gasteiger partial charge in [-0.15, -0.1) is 0 Å². The van der Waals surface area contributed by atoms with Crippen molar-refractivity contribution < 1.29 is 9.53 Å². The molecule has 98 valence electrons. The van der Waals surface area contributed by atoms with Gasteiger partial charge in [-0.2, -0.15) is 0 Å². The SMILES string of the molecule is CCC(=O)/C=C/C(C)(C)COCc1ccccc1. The molecule has 0 atom stereocenters. The third kappa shape index (κ3) is 5.78. The van der Waals surface area contributed by atoms with Gasteiger partial charge in [-0.25, -0.2) is 0 Å². The van der Waals surface area contributed by atoms with Crippen LogP contribution in [0, 0.1) is 5.41 Å². The fourth-order valence-corrected chi connectivity index (χ4v) is 1.49. The highest BCUT2D eigenvalue weighted by Crippen LogP contribution is 2.18. The minimum absolute atomic E-state index is 0.111. The number of carbonyl (C=O) groups is 1. The van der Waals surface area contributed by atoms with Gasteiger partial charge in [0.25, 0.3) is 0 Å². The van der Waals surface area contributed by atoms with Crippen LogP contribution in [0.25, 0.3) is 0 Å². The first kappa shape index (κ1) is 14.7. The predicted molar refractivity (Wildman–Crippen MR) is 74.3 cm³/mol. The number of ketones is 1. The second kappa shape index (κ2) is 7.12. The average Bonchev–Trinajstić information content (AvgIpc) is 2.37. The summed E-state index contributed by atoms with van der Waals surface area (Å²) in [5.74, 6) is 0.158. The highest BCUT2D eigenvalue weighted by molar-refractivity contribution is 5.89. The summed E-state index contributed by atoms with van der Waals surface area (Å²) >= 11 is 0. The van der Waals surface area contributed by atoms with Crippen molar-refractivity contribution in [3.8, 4) is 0 Å². The van der Waals surface area contributed by atoms with E-state index < -0.39 is 0 Å². The number of benzene rings is 1. The lowest BCUT2D eigenvalue weighted by Gasteiger charge is -2.20. The summed E-state index contributed by atoms with van der Waals surface area (Å²) in [6, 6.07) is 10.1. The van der Waals surface area contributed by atoms with Gasteiger partial charge in [0.2, 0.25) is 0 Å². The molecule has 0 bridgehead atoms. The molecule has 0 N–H and O–H groups in total. The molecular formula is C16H22O2. The Labute approximate surface area is 110 Å². The van der Waals surface area contributed by atoms with Crippen LogP contribution in [-0.4, -0.2) is 12.4 Å². The van der Waals surface area contributed by atoms with E-state index in [1.807, 2.05) is 43.3 Å². The zero-order chi connectivity index (χ0) is 13.4. The molecular weight excluding hydrogens is 224 g/mol. The molecule has 1 aromatic carbocycles. The van der Waals surface area contributed by atoms with Gasteiger partial charge in [0.05, 0.1) is 13.2 Å². The Morgan fingerprint density at radius 3 is 2.56 bits per heavy atom. The van der Waals surface area contributed by atoms with Gasteiger partial charge in [0, 0.05) is 11.8 Å². The second-order valence-electron chi connectivity index (χ2n) is 5.12. The average molecular weight is 246 g/mol. The quantitative estimate of drug-likeness (QED) is 0.685. The molecule has 0 amide bonds. The number of hydrogen-bond acceptors (Lipinski definition) is 2. The summed E-state index contributed by atoms with van der Waals surface area (Å²) in [4.78, 5) is 11.2. The lowest BCUT2D eigenvalue weighted by atomic mass is 9.93. The summed E-state index contributed by atoms with van der Waals surface area (Å²) in [6.45, 7) is 7.22. The standard InChI is InChI=1S/C16H22O2/c1-4-15(17)10-11-16(2,3)13-18-12-14-8-6-5-7-9-14/h5-11H,4,12-13H2,1-3H3/b11-10+.